The second-order valence-corrected chi connectivity index (χ2v) is 4.98. The van der Waals surface area contributed by atoms with Crippen LogP contribution in [0.1, 0.15) is 31.4 Å². The topological polar surface area (TPSA) is 29.1 Å². The van der Waals surface area contributed by atoms with Gasteiger partial charge in [-0.15, -0.1) is 0 Å². The number of nitrogens with one attached hydrogen (secondary N) is 1. The van der Waals surface area contributed by atoms with E-state index in [1.807, 2.05) is 31.2 Å². The molecule has 80 valence electrons. The lowest BCUT2D eigenvalue weighted by Gasteiger charge is -2.14. The molecule has 0 aromatic heterocycles. The summed E-state index contributed by atoms with van der Waals surface area (Å²) in [4.78, 5) is 11.6. The zero-order valence-electron chi connectivity index (χ0n) is 8.66. The van der Waals surface area contributed by atoms with Gasteiger partial charge in [-0.2, -0.15) is 0 Å². The van der Waals surface area contributed by atoms with Gasteiger partial charge in [-0.3, -0.25) is 4.79 Å². The van der Waals surface area contributed by atoms with Gasteiger partial charge in [0, 0.05) is 10.4 Å². The third-order valence-corrected chi connectivity index (χ3v) is 3.15. The zero-order chi connectivity index (χ0) is 10.8. The van der Waals surface area contributed by atoms with Gasteiger partial charge in [0.05, 0.1) is 6.04 Å². The van der Waals surface area contributed by atoms with Crippen molar-refractivity contribution >= 4 is 21.8 Å². The molecule has 1 aliphatic rings. The highest BCUT2D eigenvalue weighted by Crippen LogP contribution is 2.29. The molecule has 1 amide bonds. The lowest BCUT2D eigenvalue weighted by Crippen LogP contribution is -2.27. The second-order valence-electron chi connectivity index (χ2n) is 4.06. The van der Waals surface area contributed by atoms with E-state index in [1.54, 1.807) is 0 Å². The Morgan fingerprint density at radius 2 is 2.27 bits per heavy atom. The summed E-state index contributed by atoms with van der Waals surface area (Å²) in [5, 5.41) is 3.03. The minimum Gasteiger partial charge on any atom is -0.349 e. The molecule has 1 atom stereocenters. The van der Waals surface area contributed by atoms with Crippen LogP contribution in [0.3, 0.4) is 0 Å². The van der Waals surface area contributed by atoms with E-state index in [0.29, 0.717) is 0 Å². The van der Waals surface area contributed by atoms with Crippen LogP contribution in [0.5, 0.6) is 0 Å². The molecule has 2 nitrogen and oxygen atoms in total. The summed E-state index contributed by atoms with van der Waals surface area (Å²) < 4.78 is 1.05. The molecule has 0 spiro atoms. The predicted octanol–water partition coefficient (Wildman–Crippen LogP) is 3.04. The number of amides is 1. The van der Waals surface area contributed by atoms with E-state index < -0.39 is 0 Å². The summed E-state index contributed by atoms with van der Waals surface area (Å²) in [5.74, 6) is 0.474. The molecule has 1 aliphatic carbocycles. The van der Waals surface area contributed by atoms with Crippen molar-refractivity contribution in [2.24, 2.45) is 5.92 Å². The second kappa shape index (κ2) is 4.35. The largest absolute Gasteiger partial charge is 0.349 e. The molecule has 0 saturated heterocycles. The minimum absolute atomic E-state index is 0.0931. The van der Waals surface area contributed by atoms with Crippen LogP contribution in [0.4, 0.5) is 0 Å². The summed E-state index contributed by atoms with van der Waals surface area (Å²) >= 11 is 3.43. The van der Waals surface area contributed by atoms with E-state index in [9.17, 15) is 4.79 Å². The van der Waals surface area contributed by atoms with Crippen molar-refractivity contribution in [3.8, 4) is 0 Å². The SMILES string of the molecule is C[C@@H](NC(=O)C1CC1)c1cccc(Br)c1. The molecule has 1 N–H and O–H groups in total. The van der Waals surface area contributed by atoms with Crippen molar-refractivity contribution in [2.75, 3.05) is 0 Å². The van der Waals surface area contributed by atoms with Crippen molar-refractivity contribution in [1.82, 2.24) is 5.32 Å². The molecule has 1 aromatic rings. The van der Waals surface area contributed by atoms with Crippen LogP contribution in [-0.2, 0) is 4.79 Å². The zero-order valence-corrected chi connectivity index (χ0v) is 10.3. The van der Waals surface area contributed by atoms with Gasteiger partial charge in [0.15, 0.2) is 0 Å². The standard InChI is InChI=1S/C12H14BrNO/c1-8(14-12(15)9-5-6-9)10-3-2-4-11(13)7-10/h2-4,7-9H,5-6H2,1H3,(H,14,15)/t8-/m1/s1. The number of rotatable bonds is 3. The molecule has 0 aliphatic heterocycles. The Morgan fingerprint density at radius 1 is 1.53 bits per heavy atom. The first-order chi connectivity index (χ1) is 7.16. The molecular formula is C12H14BrNO. The molecule has 3 heteroatoms. The Balaban J connectivity index is 2.00. The maximum Gasteiger partial charge on any atom is 0.223 e. The van der Waals surface area contributed by atoms with Crippen molar-refractivity contribution in [3.63, 3.8) is 0 Å². The first-order valence-corrected chi connectivity index (χ1v) is 6.02. The van der Waals surface area contributed by atoms with Gasteiger partial charge in [0.1, 0.15) is 0 Å². The summed E-state index contributed by atoms with van der Waals surface area (Å²) in [7, 11) is 0. The third-order valence-electron chi connectivity index (χ3n) is 2.66. The number of halogens is 1. The van der Waals surface area contributed by atoms with Gasteiger partial charge in [-0.25, -0.2) is 0 Å². The van der Waals surface area contributed by atoms with Gasteiger partial charge in [-0.05, 0) is 37.5 Å². The highest BCUT2D eigenvalue weighted by molar-refractivity contribution is 9.10. The smallest absolute Gasteiger partial charge is 0.223 e. The predicted molar refractivity (Wildman–Crippen MR) is 63.4 cm³/mol. The summed E-state index contributed by atoms with van der Waals surface area (Å²) in [5.41, 5.74) is 1.14. The molecule has 1 aromatic carbocycles. The lowest BCUT2D eigenvalue weighted by molar-refractivity contribution is -0.122. The van der Waals surface area contributed by atoms with Crippen LogP contribution in [-0.4, -0.2) is 5.91 Å². The van der Waals surface area contributed by atoms with Crippen molar-refractivity contribution in [2.45, 2.75) is 25.8 Å². The lowest BCUT2D eigenvalue weighted by atomic mass is 10.1. The van der Waals surface area contributed by atoms with Crippen molar-refractivity contribution in [3.05, 3.63) is 34.3 Å². The summed E-state index contributed by atoms with van der Waals surface area (Å²) in [6, 6.07) is 8.13. The molecule has 15 heavy (non-hydrogen) atoms. The fraction of sp³-hybridized carbons (Fsp3) is 0.417. The van der Waals surface area contributed by atoms with Crippen LogP contribution in [0.25, 0.3) is 0 Å². The number of carbonyl (C=O) groups is 1. The molecule has 0 radical (unpaired) electrons. The molecule has 2 rings (SSSR count). The van der Waals surface area contributed by atoms with Gasteiger partial charge in [0.25, 0.3) is 0 Å². The molecule has 0 heterocycles. The molecule has 1 saturated carbocycles. The van der Waals surface area contributed by atoms with E-state index >= 15 is 0 Å². The van der Waals surface area contributed by atoms with Crippen LogP contribution < -0.4 is 5.32 Å². The number of benzene rings is 1. The Kier molecular flexibility index (Phi) is 3.10. The number of hydrogen-bond acceptors (Lipinski definition) is 1. The van der Waals surface area contributed by atoms with Crippen molar-refractivity contribution in [1.29, 1.82) is 0 Å². The summed E-state index contributed by atoms with van der Waals surface area (Å²) in [6.45, 7) is 2.02. The van der Waals surface area contributed by atoms with Crippen molar-refractivity contribution < 1.29 is 4.79 Å². The normalized spacial score (nSPS) is 17.2. The number of hydrogen-bond donors (Lipinski definition) is 1. The van der Waals surface area contributed by atoms with Crippen LogP contribution in [0.2, 0.25) is 0 Å². The van der Waals surface area contributed by atoms with Gasteiger partial charge in [-0.1, -0.05) is 28.1 Å². The average Bonchev–Trinajstić information content (AvgIpc) is 3.00. The minimum atomic E-state index is 0.0931. The first-order valence-electron chi connectivity index (χ1n) is 5.22. The third kappa shape index (κ3) is 2.81. The highest BCUT2D eigenvalue weighted by atomic mass is 79.9. The Labute approximate surface area is 98.2 Å². The van der Waals surface area contributed by atoms with Gasteiger partial charge < -0.3 is 5.32 Å². The van der Waals surface area contributed by atoms with Crippen LogP contribution in [0, 0.1) is 5.92 Å². The molecule has 0 unspecified atom stereocenters. The monoisotopic (exact) mass is 267 g/mol. The van der Waals surface area contributed by atoms with E-state index in [1.165, 1.54) is 0 Å². The number of carbonyl (C=O) groups excluding carboxylic acids is 1. The Morgan fingerprint density at radius 3 is 2.87 bits per heavy atom. The summed E-state index contributed by atoms with van der Waals surface area (Å²) in [6.07, 6.45) is 2.11. The van der Waals surface area contributed by atoms with Gasteiger partial charge in [0.2, 0.25) is 5.91 Å². The van der Waals surface area contributed by atoms with E-state index in [2.05, 4.69) is 21.2 Å². The van der Waals surface area contributed by atoms with E-state index in [-0.39, 0.29) is 17.9 Å². The molecule has 1 fully saturated rings. The van der Waals surface area contributed by atoms with Crippen LogP contribution >= 0.6 is 15.9 Å². The van der Waals surface area contributed by atoms with E-state index in [4.69, 9.17) is 0 Å². The highest BCUT2D eigenvalue weighted by Gasteiger charge is 2.30. The quantitative estimate of drug-likeness (QED) is 0.896. The fourth-order valence-electron chi connectivity index (χ4n) is 1.54. The maximum absolute atomic E-state index is 11.6. The molecular weight excluding hydrogens is 254 g/mol. The van der Waals surface area contributed by atoms with Gasteiger partial charge >= 0.3 is 0 Å². The Bertz CT molecular complexity index is 374. The van der Waals surface area contributed by atoms with E-state index in [0.717, 1.165) is 22.9 Å². The fourth-order valence-corrected chi connectivity index (χ4v) is 1.95. The molecule has 0 bridgehead atoms. The maximum atomic E-state index is 11.6. The van der Waals surface area contributed by atoms with Crippen LogP contribution in [0.15, 0.2) is 28.7 Å². The average molecular weight is 268 g/mol. The first kappa shape index (κ1) is 10.7. The Hall–Kier alpha value is -0.830.